The van der Waals surface area contributed by atoms with E-state index >= 15 is 0 Å². The van der Waals surface area contributed by atoms with E-state index in [1.165, 1.54) is 0 Å². The van der Waals surface area contributed by atoms with Gasteiger partial charge < -0.3 is 19.5 Å². The third kappa shape index (κ3) is 5.74. The van der Waals surface area contributed by atoms with Crippen LogP contribution >= 0.6 is 0 Å². The van der Waals surface area contributed by atoms with Crippen molar-refractivity contribution in [1.29, 1.82) is 0 Å². The number of aliphatic hydroxyl groups excluding tert-OH is 1. The smallest absolute Gasteiger partial charge is 0.295 e. The van der Waals surface area contributed by atoms with Crippen LogP contribution in [0, 0.1) is 6.92 Å². The Balaban J connectivity index is 1.63. The summed E-state index contributed by atoms with van der Waals surface area (Å²) in [6.07, 6.45) is 1.63. The lowest BCUT2D eigenvalue weighted by Gasteiger charge is -2.29. The van der Waals surface area contributed by atoms with Gasteiger partial charge in [0.15, 0.2) is 0 Å². The van der Waals surface area contributed by atoms with Gasteiger partial charge in [0.05, 0.1) is 31.4 Å². The fourth-order valence-electron chi connectivity index (χ4n) is 4.58. The molecular weight excluding hydrogens is 444 g/mol. The number of likely N-dealkylation sites (tertiary alicyclic amines) is 1. The van der Waals surface area contributed by atoms with Crippen LogP contribution < -0.4 is 4.74 Å². The number of ketones is 1. The molecule has 2 saturated heterocycles. The SMILES string of the molecule is CCCOc1ccc(/C(O)=C2\C(=O)C(=O)N(CCCN3CCOCC3)[C@@H]2c2ccc(C)cc2)cc1. The molecule has 0 radical (unpaired) electrons. The summed E-state index contributed by atoms with van der Waals surface area (Å²) in [6.45, 7) is 9.07. The van der Waals surface area contributed by atoms with E-state index in [9.17, 15) is 14.7 Å². The number of carbonyl (C=O) groups excluding carboxylic acids is 2. The molecule has 35 heavy (non-hydrogen) atoms. The van der Waals surface area contributed by atoms with Crippen molar-refractivity contribution < 1.29 is 24.2 Å². The molecule has 2 aromatic rings. The molecule has 2 aliphatic rings. The summed E-state index contributed by atoms with van der Waals surface area (Å²) in [5, 5.41) is 11.2. The zero-order valence-electron chi connectivity index (χ0n) is 20.5. The maximum Gasteiger partial charge on any atom is 0.295 e. The largest absolute Gasteiger partial charge is 0.507 e. The molecule has 7 heteroatoms. The second-order valence-electron chi connectivity index (χ2n) is 9.08. The van der Waals surface area contributed by atoms with Crippen LogP contribution in [0.15, 0.2) is 54.1 Å². The number of benzene rings is 2. The highest BCUT2D eigenvalue weighted by Crippen LogP contribution is 2.39. The molecule has 7 nitrogen and oxygen atoms in total. The van der Waals surface area contributed by atoms with Gasteiger partial charge in [0, 0.05) is 31.7 Å². The van der Waals surface area contributed by atoms with Crippen LogP contribution in [-0.2, 0) is 14.3 Å². The minimum absolute atomic E-state index is 0.132. The topological polar surface area (TPSA) is 79.3 Å². The van der Waals surface area contributed by atoms with Gasteiger partial charge in [-0.2, -0.15) is 0 Å². The van der Waals surface area contributed by atoms with E-state index in [4.69, 9.17) is 9.47 Å². The van der Waals surface area contributed by atoms with Crippen molar-refractivity contribution in [2.45, 2.75) is 32.7 Å². The molecule has 4 rings (SSSR count). The van der Waals surface area contributed by atoms with Crippen molar-refractivity contribution in [1.82, 2.24) is 9.80 Å². The Morgan fingerprint density at radius 3 is 2.37 bits per heavy atom. The summed E-state index contributed by atoms with van der Waals surface area (Å²) < 4.78 is 11.0. The second kappa shape index (κ2) is 11.5. The van der Waals surface area contributed by atoms with Gasteiger partial charge in [-0.3, -0.25) is 14.5 Å². The lowest BCUT2D eigenvalue weighted by molar-refractivity contribution is -0.140. The highest BCUT2D eigenvalue weighted by Gasteiger charge is 2.45. The van der Waals surface area contributed by atoms with Crippen molar-refractivity contribution >= 4 is 17.4 Å². The molecule has 2 heterocycles. The van der Waals surface area contributed by atoms with Gasteiger partial charge >= 0.3 is 0 Å². The molecule has 0 spiro atoms. The first-order valence-electron chi connectivity index (χ1n) is 12.4. The molecule has 1 N–H and O–H groups in total. The third-order valence-electron chi connectivity index (χ3n) is 6.51. The molecule has 0 unspecified atom stereocenters. The normalized spacial score (nSPS) is 20.4. The van der Waals surface area contributed by atoms with E-state index in [0.717, 1.165) is 56.8 Å². The standard InChI is InChI=1S/C28H34N2O5/c1-3-17-35-23-11-9-22(10-12-23)26(31)24-25(21-7-5-20(2)6-8-21)30(28(33)27(24)32)14-4-13-29-15-18-34-19-16-29/h5-12,25,31H,3-4,13-19H2,1-2H3/b26-24+/t25-/m1/s1. The predicted octanol–water partition coefficient (Wildman–Crippen LogP) is 3.93. The summed E-state index contributed by atoms with van der Waals surface area (Å²) in [5.41, 5.74) is 2.51. The van der Waals surface area contributed by atoms with Crippen LogP contribution in [0.3, 0.4) is 0 Å². The maximum absolute atomic E-state index is 13.2. The summed E-state index contributed by atoms with van der Waals surface area (Å²) in [4.78, 5) is 30.2. The van der Waals surface area contributed by atoms with Crippen LogP contribution in [0.1, 0.15) is 42.5 Å². The van der Waals surface area contributed by atoms with E-state index in [2.05, 4.69) is 4.90 Å². The minimum atomic E-state index is -0.647. The predicted molar refractivity (Wildman–Crippen MR) is 134 cm³/mol. The fraction of sp³-hybridized carbons (Fsp3) is 0.429. The molecule has 0 aliphatic carbocycles. The number of aliphatic hydroxyl groups is 1. The van der Waals surface area contributed by atoms with Crippen LogP contribution in [0.5, 0.6) is 5.75 Å². The van der Waals surface area contributed by atoms with E-state index in [-0.39, 0.29) is 11.3 Å². The van der Waals surface area contributed by atoms with Gasteiger partial charge in [0.25, 0.3) is 11.7 Å². The number of morpholine rings is 1. The Labute approximate surface area is 206 Å². The molecule has 2 aromatic carbocycles. The summed E-state index contributed by atoms with van der Waals surface area (Å²) in [5.74, 6) is -0.679. The second-order valence-corrected chi connectivity index (χ2v) is 9.08. The Hall–Kier alpha value is -3.16. The van der Waals surface area contributed by atoms with Gasteiger partial charge in [-0.25, -0.2) is 0 Å². The van der Waals surface area contributed by atoms with Gasteiger partial charge in [-0.1, -0.05) is 36.8 Å². The number of amides is 1. The fourth-order valence-corrected chi connectivity index (χ4v) is 4.58. The number of Topliss-reactive ketones (excluding diaryl/α,β-unsaturated/α-hetero) is 1. The van der Waals surface area contributed by atoms with Crippen LogP contribution in [0.4, 0.5) is 0 Å². The number of ether oxygens (including phenoxy) is 2. The molecular formula is C28H34N2O5. The first-order valence-corrected chi connectivity index (χ1v) is 12.4. The van der Waals surface area contributed by atoms with Crippen molar-refractivity contribution in [2.24, 2.45) is 0 Å². The number of rotatable bonds is 9. The minimum Gasteiger partial charge on any atom is -0.507 e. The van der Waals surface area contributed by atoms with Gasteiger partial charge in [-0.05, 0) is 49.6 Å². The van der Waals surface area contributed by atoms with Gasteiger partial charge in [0.1, 0.15) is 11.5 Å². The van der Waals surface area contributed by atoms with Crippen LogP contribution in [0.25, 0.3) is 5.76 Å². The highest BCUT2D eigenvalue weighted by atomic mass is 16.5. The highest BCUT2D eigenvalue weighted by molar-refractivity contribution is 6.46. The molecule has 2 aliphatic heterocycles. The van der Waals surface area contributed by atoms with Gasteiger partial charge in [0.2, 0.25) is 0 Å². The van der Waals surface area contributed by atoms with Crippen LogP contribution in [-0.4, -0.2) is 72.6 Å². The monoisotopic (exact) mass is 478 g/mol. The molecule has 2 fully saturated rings. The van der Waals surface area contributed by atoms with Crippen molar-refractivity contribution in [3.8, 4) is 5.75 Å². The Morgan fingerprint density at radius 2 is 1.71 bits per heavy atom. The number of hydrogen-bond acceptors (Lipinski definition) is 6. The van der Waals surface area contributed by atoms with Crippen molar-refractivity contribution in [3.05, 3.63) is 70.8 Å². The molecule has 0 saturated carbocycles. The Kier molecular flexibility index (Phi) is 8.21. The zero-order valence-corrected chi connectivity index (χ0v) is 20.5. The quantitative estimate of drug-likeness (QED) is 0.334. The average Bonchev–Trinajstić information content (AvgIpc) is 3.13. The van der Waals surface area contributed by atoms with E-state index < -0.39 is 17.7 Å². The first-order chi connectivity index (χ1) is 17.0. The number of carbonyl (C=O) groups is 2. The van der Waals surface area contributed by atoms with Crippen LogP contribution in [0.2, 0.25) is 0 Å². The Morgan fingerprint density at radius 1 is 1.03 bits per heavy atom. The average molecular weight is 479 g/mol. The summed E-state index contributed by atoms with van der Waals surface area (Å²) >= 11 is 0. The van der Waals surface area contributed by atoms with E-state index in [1.807, 2.05) is 38.1 Å². The summed E-state index contributed by atoms with van der Waals surface area (Å²) in [7, 11) is 0. The molecule has 1 amide bonds. The number of hydrogen-bond donors (Lipinski definition) is 1. The molecule has 0 aromatic heterocycles. The van der Waals surface area contributed by atoms with Gasteiger partial charge in [-0.15, -0.1) is 0 Å². The third-order valence-corrected chi connectivity index (χ3v) is 6.51. The number of aryl methyl sites for hydroxylation is 1. The van der Waals surface area contributed by atoms with E-state index in [1.54, 1.807) is 29.2 Å². The van der Waals surface area contributed by atoms with E-state index in [0.29, 0.717) is 24.5 Å². The summed E-state index contributed by atoms with van der Waals surface area (Å²) in [6, 6.07) is 14.1. The number of nitrogens with zero attached hydrogens (tertiary/aromatic N) is 2. The van der Waals surface area contributed by atoms with Crippen molar-refractivity contribution in [2.75, 3.05) is 46.0 Å². The molecule has 0 bridgehead atoms. The molecule has 186 valence electrons. The molecule has 1 atom stereocenters. The van der Waals surface area contributed by atoms with Crippen molar-refractivity contribution in [3.63, 3.8) is 0 Å². The lowest BCUT2D eigenvalue weighted by atomic mass is 9.94. The lowest BCUT2D eigenvalue weighted by Crippen LogP contribution is -2.38. The maximum atomic E-state index is 13.2. The zero-order chi connectivity index (χ0) is 24.8. The Bertz CT molecular complexity index is 1060. The first kappa shape index (κ1) is 24.9.